The van der Waals surface area contributed by atoms with Gasteiger partial charge in [0.15, 0.2) is 0 Å². The Balaban J connectivity index is 1.63. The molecule has 1 unspecified atom stereocenters. The highest BCUT2D eigenvalue weighted by Gasteiger charge is 2.27. The molecule has 1 N–H and O–H groups in total. The highest BCUT2D eigenvalue weighted by atomic mass is 15.2. The standard InChI is InChI=1S/C13H24N4/c1-11(12-4-5-12)14-6-8-16(2)10-13-15-7-9-17(13)3/h7,9,11-12,14H,4-6,8,10H2,1-3H3. The highest BCUT2D eigenvalue weighted by molar-refractivity contribution is 4.90. The molecule has 1 aromatic heterocycles. The summed E-state index contributed by atoms with van der Waals surface area (Å²) in [5.74, 6) is 2.07. The van der Waals surface area contributed by atoms with Gasteiger partial charge in [-0.05, 0) is 32.7 Å². The largest absolute Gasteiger partial charge is 0.337 e. The fourth-order valence-corrected chi connectivity index (χ4v) is 2.12. The minimum Gasteiger partial charge on any atom is -0.337 e. The summed E-state index contributed by atoms with van der Waals surface area (Å²) in [6.45, 7) is 5.36. The number of aryl methyl sites for hydroxylation is 1. The second-order valence-corrected chi connectivity index (χ2v) is 5.27. The molecule has 17 heavy (non-hydrogen) atoms. The van der Waals surface area contributed by atoms with Crippen LogP contribution < -0.4 is 5.32 Å². The van der Waals surface area contributed by atoms with E-state index in [1.165, 1.54) is 12.8 Å². The quantitative estimate of drug-likeness (QED) is 0.773. The van der Waals surface area contributed by atoms with Crippen molar-refractivity contribution in [1.82, 2.24) is 19.8 Å². The molecule has 2 rings (SSSR count). The molecule has 4 nitrogen and oxygen atoms in total. The third kappa shape index (κ3) is 3.82. The van der Waals surface area contributed by atoms with Crippen LogP contribution in [0.3, 0.4) is 0 Å². The molecule has 0 amide bonds. The molecule has 1 aromatic rings. The van der Waals surface area contributed by atoms with E-state index in [1.807, 2.05) is 19.4 Å². The number of aromatic nitrogens is 2. The molecule has 1 heterocycles. The Labute approximate surface area is 104 Å². The van der Waals surface area contributed by atoms with Crippen LogP contribution in [0.5, 0.6) is 0 Å². The molecule has 1 aliphatic carbocycles. The summed E-state index contributed by atoms with van der Waals surface area (Å²) in [6, 6.07) is 0.691. The smallest absolute Gasteiger partial charge is 0.122 e. The van der Waals surface area contributed by atoms with Crippen molar-refractivity contribution in [2.24, 2.45) is 13.0 Å². The second kappa shape index (κ2) is 5.65. The highest BCUT2D eigenvalue weighted by Crippen LogP contribution is 2.32. The van der Waals surface area contributed by atoms with Crippen molar-refractivity contribution in [3.63, 3.8) is 0 Å². The molecule has 96 valence electrons. The zero-order chi connectivity index (χ0) is 12.3. The van der Waals surface area contributed by atoms with E-state index >= 15 is 0 Å². The van der Waals surface area contributed by atoms with Gasteiger partial charge in [-0.1, -0.05) is 0 Å². The second-order valence-electron chi connectivity index (χ2n) is 5.27. The third-order valence-electron chi connectivity index (χ3n) is 3.62. The Morgan fingerprint density at radius 3 is 2.94 bits per heavy atom. The first-order valence-electron chi connectivity index (χ1n) is 6.55. The number of nitrogens with zero attached hydrogens (tertiary/aromatic N) is 3. The van der Waals surface area contributed by atoms with Crippen molar-refractivity contribution in [3.8, 4) is 0 Å². The number of likely N-dealkylation sites (N-methyl/N-ethyl adjacent to an activating group) is 1. The monoisotopic (exact) mass is 236 g/mol. The topological polar surface area (TPSA) is 33.1 Å². The van der Waals surface area contributed by atoms with Gasteiger partial charge in [0.05, 0.1) is 6.54 Å². The summed E-state index contributed by atoms with van der Waals surface area (Å²) in [6.07, 6.45) is 6.68. The molecule has 1 atom stereocenters. The molecule has 0 aromatic carbocycles. The van der Waals surface area contributed by atoms with Crippen molar-refractivity contribution in [1.29, 1.82) is 0 Å². The first kappa shape index (κ1) is 12.6. The maximum absolute atomic E-state index is 4.34. The molecule has 0 saturated heterocycles. The summed E-state index contributed by atoms with van der Waals surface area (Å²) >= 11 is 0. The molecule has 0 bridgehead atoms. The lowest BCUT2D eigenvalue weighted by Crippen LogP contribution is -2.35. The predicted octanol–water partition coefficient (Wildman–Crippen LogP) is 1.24. The molecule has 1 aliphatic rings. The van der Waals surface area contributed by atoms with Gasteiger partial charge in [-0.2, -0.15) is 0 Å². The lowest BCUT2D eigenvalue weighted by Gasteiger charge is -2.19. The van der Waals surface area contributed by atoms with Gasteiger partial charge in [-0.25, -0.2) is 4.98 Å². The predicted molar refractivity (Wildman–Crippen MR) is 69.7 cm³/mol. The van der Waals surface area contributed by atoms with Crippen LogP contribution in [0.2, 0.25) is 0 Å². The van der Waals surface area contributed by atoms with E-state index in [9.17, 15) is 0 Å². The van der Waals surface area contributed by atoms with Crippen LogP contribution >= 0.6 is 0 Å². The zero-order valence-corrected chi connectivity index (χ0v) is 11.2. The number of hydrogen-bond donors (Lipinski definition) is 1. The van der Waals surface area contributed by atoms with Crippen LogP contribution in [0.15, 0.2) is 12.4 Å². The minimum absolute atomic E-state index is 0.691. The van der Waals surface area contributed by atoms with Gasteiger partial charge in [-0.15, -0.1) is 0 Å². The van der Waals surface area contributed by atoms with E-state index in [-0.39, 0.29) is 0 Å². The SMILES string of the molecule is CC(NCCN(C)Cc1nccn1C)C1CC1. The average Bonchev–Trinajstić information content (AvgIpc) is 3.05. The third-order valence-corrected chi connectivity index (χ3v) is 3.62. The summed E-state index contributed by atoms with van der Waals surface area (Å²) in [4.78, 5) is 6.65. The summed E-state index contributed by atoms with van der Waals surface area (Å²) in [5.41, 5.74) is 0. The Morgan fingerprint density at radius 1 is 1.59 bits per heavy atom. The molecule has 1 saturated carbocycles. The molecule has 4 heteroatoms. The van der Waals surface area contributed by atoms with E-state index < -0.39 is 0 Å². The molecule has 0 aliphatic heterocycles. The Morgan fingerprint density at radius 2 is 2.35 bits per heavy atom. The fraction of sp³-hybridized carbons (Fsp3) is 0.769. The van der Waals surface area contributed by atoms with E-state index in [0.717, 1.165) is 31.4 Å². The maximum atomic E-state index is 4.34. The number of imidazole rings is 1. The minimum atomic E-state index is 0.691. The fourth-order valence-electron chi connectivity index (χ4n) is 2.12. The first-order valence-corrected chi connectivity index (χ1v) is 6.55. The molecule has 0 radical (unpaired) electrons. The summed E-state index contributed by atoms with van der Waals surface area (Å²) in [7, 11) is 4.20. The maximum Gasteiger partial charge on any atom is 0.122 e. The van der Waals surface area contributed by atoms with Crippen LogP contribution in [0.1, 0.15) is 25.6 Å². The molecular weight excluding hydrogens is 212 g/mol. The Hall–Kier alpha value is -0.870. The van der Waals surface area contributed by atoms with Gasteiger partial charge in [0.25, 0.3) is 0 Å². The van der Waals surface area contributed by atoms with Crippen molar-refractivity contribution < 1.29 is 0 Å². The normalized spacial score (nSPS) is 17.6. The van der Waals surface area contributed by atoms with Crippen LogP contribution in [0.4, 0.5) is 0 Å². The first-order chi connectivity index (χ1) is 8.16. The van der Waals surface area contributed by atoms with Gasteiger partial charge in [0.1, 0.15) is 5.82 Å². The van der Waals surface area contributed by atoms with Crippen LogP contribution in [0.25, 0.3) is 0 Å². The van der Waals surface area contributed by atoms with Crippen molar-refractivity contribution in [2.75, 3.05) is 20.1 Å². The van der Waals surface area contributed by atoms with E-state index in [2.05, 4.69) is 33.7 Å². The number of rotatable bonds is 7. The van der Waals surface area contributed by atoms with E-state index in [1.54, 1.807) is 0 Å². The average molecular weight is 236 g/mol. The molecule has 1 fully saturated rings. The van der Waals surface area contributed by atoms with Crippen LogP contribution in [-0.2, 0) is 13.6 Å². The van der Waals surface area contributed by atoms with E-state index in [0.29, 0.717) is 6.04 Å². The Kier molecular flexibility index (Phi) is 4.18. The van der Waals surface area contributed by atoms with E-state index in [4.69, 9.17) is 0 Å². The molecule has 0 spiro atoms. The van der Waals surface area contributed by atoms with Crippen LogP contribution in [0, 0.1) is 5.92 Å². The Bertz CT molecular complexity index is 343. The molecular formula is C13H24N4. The van der Waals surface area contributed by atoms with Gasteiger partial charge in [0, 0.05) is 38.6 Å². The number of nitrogens with one attached hydrogen (secondary N) is 1. The lowest BCUT2D eigenvalue weighted by molar-refractivity contribution is 0.304. The van der Waals surface area contributed by atoms with Crippen molar-refractivity contribution in [2.45, 2.75) is 32.4 Å². The summed E-state index contributed by atoms with van der Waals surface area (Å²) < 4.78 is 2.08. The van der Waals surface area contributed by atoms with Gasteiger partial charge >= 0.3 is 0 Å². The number of hydrogen-bond acceptors (Lipinski definition) is 3. The van der Waals surface area contributed by atoms with Crippen molar-refractivity contribution in [3.05, 3.63) is 18.2 Å². The van der Waals surface area contributed by atoms with Gasteiger partial charge < -0.3 is 9.88 Å². The lowest BCUT2D eigenvalue weighted by atomic mass is 10.2. The zero-order valence-electron chi connectivity index (χ0n) is 11.2. The van der Waals surface area contributed by atoms with Gasteiger partial charge in [0.2, 0.25) is 0 Å². The van der Waals surface area contributed by atoms with Crippen LogP contribution in [-0.4, -0.2) is 40.6 Å². The van der Waals surface area contributed by atoms with Gasteiger partial charge in [-0.3, -0.25) is 4.90 Å². The van der Waals surface area contributed by atoms with Crippen molar-refractivity contribution >= 4 is 0 Å². The summed E-state index contributed by atoms with van der Waals surface area (Å²) in [5, 5.41) is 3.60.